The molecule has 0 spiro atoms. The number of nitrogens with zero attached hydrogens (tertiary/aromatic N) is 3. The Bertz CT molecular complexity index is 524. The van der Waals surface area contributed by atoms with Crippen LogP contribution >= 0.6 is 11.3 Å². The number of aldehydes is 1. The third-order valence-electron chi connectivity index (χ3n) is 2.66. The molecule has 0 bridgehead atoms. The van der Waals surface area contributed by atoms with E-state index in [0.717, 1.165) is 29.4 Å². The fraction of sp³-hybridized carbons (Fsp3) is 0.308. The first-order valence-electron chi connectivity index (χ1n) is 5.82. The molecule has 0 aromatic carbocycles. The van der Waals surface area contributed by atoms with E-state index < -0.39 is 0 Å². The molecule has 4 nitrogen and oxygen atoms in total. The molecule has 0 atom stereocenters. The monoisotopic (exact) mass is 261 g/mol. The normalized spacial score (nSPS) is 10.3. The van der Waals surface area contributed by atoms with Gasteiger partial charge in [-0.25, -0.2) is 4.98 Å². The lowest BCUT2D eigenvalue weighted by atomic mass is 10.3. The van der Waals surface area contributed by atoms with E-state index in [1.165, 1.54) is 11.3 Å². The average Bonchev–Trinajstić information content (AvgIpc) is 2.78. The summed E-state index contributed by atoms with van der Waals surface area (Å²) in [5.74, 6) is 0. The summed E-state index contributed by atoms with van der Waals surface area (Å²) in [6.07, 6.45) is 2.65. The molecular formula is C13H15N3OS. The molecule has 18 heavy (non-hydrogen) atoms. The van der Waals surface area contributed by atoms with Gasteiger partial charge in [0, 0.05) is 12.7 Å². The van der Waals surface area contributed by atoms with Gasteiger partial charge in [-0.05, 0) is 26.0 Å². The lowest BCUT2D eigenvalue weighted by molar-refractivity contribution is 0.112. The standard InChI is InChI=1S/C13H15N3OS/c1-3-16(8-11-6-4-5-7-14-11)13-15-10(2)12(9-17)18-13/h4-7,9H,3,8H2,1-2H3. The number of carbonyl (C=O) groups is 1. The molecule has 2 rings (SSSR count). The second-order valence-electron chi connectivity index (χ2n) is 3.90. The van der Waals surface area contributed by atoms with Crippen LogP contribution in [-0.4, -0.2) is 22.8 Å². The van der Waals surface area contributed by atoms with Gasteiger partial charge in [-0.15, -0.1) is 0 Å². The minimum Gasteiger partial charge on any atom is -0.342 e. The number of hydrogen-bond donors (Lipinski definition) is 0. The van der Waals surface area contributed by atoms with Crippen molar-refractivity contribution in [2.75, 3.05) is 11.4 Å². The van der Waals surface area contributed by atoms with Crippen molar-refractivity contribution >= 4 is 22.8 Å². The van der Waals surface area contributed by atoms with Crippen LogP contribution in [0.1, 0.15) is 28.0 Å². The SMILES string of the molecule is CCN(Cc1ccccn1)c1nc(C)c(C=O)s1. The molecule has 0 saturated heterocycles. The Balaban J connectivity index is 2.20. The summed E-state index contributed by atoms with van der Waals surface area (Å²) in [5.41, 5.74) is 1.80. The first-order chi connectivity index (χ1) is 8.74. The van der Waals surface area contributed by atoms with Crippen molar-refractivity contribution < 1.29 is 4.79 Å². The third kappa shape index (κ3) is 2.73. The predicted octanol–water partition coefficient (Wildman–Crippen LogP) is 2.69. The van der Waals surface area contributed by atoms with Crippen LogP contribution in [0.15, 0.2) is 24.4 Å². The molecule has 0 unspecified atom stereocenters. The Hall–Kier alpha value is -1.75. The van der Waals surface area contributed by atoms with Crippen molar-refractivity contribution in [3.05, 3.63) is 40.7 Å². The topological polar surface area (TPSA) is 46.1 Å². The van der Waals surface area contributed by atoms with E-state index in [1.54, 1.807) is 6.20 Å². The van der Waals surface area contributed by atoms with Crippen LogP contribution in [0.4, 0.5) is 5.13 Å². The number of aromatic nitrogens is 2. The first kappa shape index (κ1) is 12.7. The molecule has 2 aromatic rings. The number of carbonyl (C=O) groups excluding carboxylic acids is 1. The number of anilines is 1. The van der Waals surface area contributed by atoms with Crippen LogP contribution in [-0.2, 0) is 6.54 Å². The Morgan fingerprint density at radius 2 is 2.28 bits per heavy atom. The number of thiazole rings is 1. The van der Waals surface area contributed by atoms with Gasteiger partial charge in [0.05, 0.1) is 22.8 Å². The summed E-state index contributed by atoms with van der Waals surface area (Å²) in [6, 6.07) is 5.86. The fourth-order valence-electron chi connectivity index (χ4n) is 1.64. The van der Waals surface area contributed by atoms with E-state index in [9.17, 15) is 4.79 Å². The molecule has 0 saturated carbocycles. The van der Waals surface area contributed by atoms with Gasteiger partial charge in [0.15, 0.2) is 11.4 Å². The van der Waals surface area contributed by atoms with Gasteiger partial charge < -0.3 is 4.90 Å². The second kappa shape index (κ2) is 5.73. The first-order valence-corrected chi connectivity index (χ1v) is 6.63. The van der Waals surface area contributed by atoms with Crippen molar-refractivity contribution in [1.29, 1.82) is 0 Å². The van der Waals surface area contributed by atoms with E-state index in [1.807, 2.05) is 25.1 Å². The van der Waals surface area contributed by atoms with E-state index in [-0.39, 0.29) is 0 Å². The second-order valence-corrected chi connectivity index (χ2v) is 4.91. The van der Waals surface area contributed by atoms with E-state index in [2.05, 4.69) is 21.8 Å². The fourth-order valence-corrected chi connectivity index (χ4v) is 2.58. The van der Waals surface area contributed by atoms with Crippen molar-refractivity contribution in [2.24, 2.45) is 0 Å². The van der Waals surface area contributed by atoms with Gasteiger partial charge in [0.1, 0.15) is 0 Å². The minimum atomic E-state index is 0.699. The molecule has 0 aliphatic carbocycles. The van der Waals surface area contributed by atoms with Gasteiger partial charge in [0.2, 0.25) is 0 Å². The Morgan fingerprint density at radius 3 is 2.83 bits per heavy atom. The lowest BCUT2D eigenvalue weighted by Crippen LogP contribution is -2.22. The number of pyridine rings is 1. The van der Waals surface area contributed by atoms with Crippen molar-refractivity contribution in [3.8, 4) is 0 Å². The highest BCUT2D eigenvalue weighted by Gasteiger charge is 2.13. The van der Waals surface area contributed by atoms with Gasteiger partial charge in [-0.1, -0.05) is 17.4 Å². The average molecular weight is 261 g/mol. The third-order valence-corrected chi connectivity index (χ3v) is 3.80. The predicted molar refractivity (Wildman–Crippen MR) is 73.2 cm³/mol. The molecule has 2 aromatic heterocycles. The Labute approximate surface area is 110 Å². The number of aryl methyl sites for hydroxylation is 1. The maximum absolute atomic E-state index is 10.8. The van der Waals surface area contributed by atoms with Crippen molar-refractivity contribution in [3.63, 3.8) is 0 Å². The highest BCUT2D eigenvalue weighted by atomic mass is 32.1. The largest absolute Gasteiger partial charge is 0.342 e. The zero-order chi connectivity index (χ0) is 13.0. The van der Waals surface area contributed by atoms with Crippen LogP contribution in [0, 0.1) is 6.92 Å². The quantitative estimate of drug-likeness (QED) is 0.776. The molecule has 0 radical (unpaired) electrons. The van der Waals surface area contributed by atoms with Gasteiger partial charge >= 0.3 is 0 Å². The highest BCUT2D eigenvalue weighted by Crippen LogP contribution is 2.25. The van der Waals surface area contributed by atoms with Gasteiger partial charge in [-0.2, -0.15) is 0 Å². The number of hydrogen-bond acceptors (Lipinski definition) is 5. The molecule has 2 heterocycles. The summed E-state index contributed by atoms with van der Waals surface area (Å²) in [7, 11) is 0. The summed E-state index contributed by atoms with van der Waals surface area (Å²) in [5, 5.41) is 0.878. The summed E-state index contributed by atoms with van der Waals surface area (Å²) in [4.78, 5) is 22.4. The van der Waals surface area contributed by atoms with E-state index in [4.69, 9.17) is 0 Å². The molecule has 0 aliphatic rings. The zero-order valence-corrected chi connectivity index (χ0v) is 11.3. The minimum absolute atomic E-state index is 0.699. The highest BCUT2D eigenvalue weighted by molar-refractivity contribution is 7.17. The maximum atomic E-state index is 10.8. The van der Waals surface area contributed by atoms with Crippen molar-refractivity contribution in [1.82, 2.24) is 9.97 Å². The maximum Gasteiger partial charge on any atom is 0.186 e. The van der Waals surface area contributed by atoms with E-state index >= 15 is 0 Å². The molecule has 0 aliphatic heterocycles. The summed E-state index contributed by atoms with van der Waals surface area (Å²) < 4.78 is 0. The molecule has 5 heteroatoms. The molecular weight excluding hydrogens is 246 g/mol. The van der Waals surface area contributed by atoms with Crippen LogP contribution in [0.25, 0.3) is 0 Å². The lowest BCUT2D eigenvalue weighted by Gasteiger charge is -2.18. The van der Waals surface area contributed by atoms with Crippen LogP contribution in [0.5, 0.6) is 0 Å². The molecule has 0 amide bonds. The Kier molecular flexibility index (Phi) is 4.04. The molecule has 0 fully saturated rings. The summed E-state index contributed by atoms with van der Waals surface area (Å²) in [6.45, 7) is 5.48. The smallest absolute Gasteiger partial charge is 0.186 e. The van der Waals surface area contributed by atoms with Crippen molar-refractivity contribution in [2.45, 2.75) is 20.4 Å². The van der Waals surface area contributed by atoms with Gasteiger partial charge in [-0.3, -0.25) is 9.78 Å². The molecule has 94 valence electrons. The van der Waals surface area contributed by atoms with Crippen LogP contribution < -0.4 is 4.90 Å². The number of rotatable bonds is 5. The Morgan fingerprint density at radius 1 is 1.44 bits per heavy atom. The van der Waals surface area contributed by atoms with Gasteiger partial charge in [0.25, 0.3) is 0 Å². The van der Waals surface area contributed by atoms with E-state index in [0.29, 0.717) is 11.4 Å². The van der Waals surface area contributed by atoms with Crippen LogP contribution in [0.2, 0.25) is 0 Å². The van der Waals surface area contributed by atoms with Crippen LogP contribution in [0.3, 0.4) is 0 Å². The zero-order valence-electron chi connectivity index (χ0n) is 10.5. The molecule has 0 N–H and O–H groups in total. The summed E-state index contributed by atoms with van der Waals surface area (Å²) >= 11 is 1.43.